The van der Waals surface area contributed by atoms with Gasteiger partial charge in [-0.15, -0.1) is 24.0 Å². The zero-order valence-corrected chi connectivity index (χ0v) is 17.4. The van der Waals surface area contributed by atoms with Gasteiger partial charge in [0.1, 0.15) is 6.54 Å². The number of likely N-dealkylation sites (N-methyl/N-ethyl adjacent to an activating group) is 1. The second-order valence-electron chi connectivity index (χ2n) is 6.24. The zero-order valence-electron chi connectivity index (χ0n) is 15.1. The Balaban J connectivity index is 0.00000484. The van der Waals surface area contributed by atoms with E-state index in [-0.39, 0.29) is 36.4 Å². The van der Waals surface area contributed by atoms with Gasteiger partial charge in [-0.25, -0.2) is 4.99 Å². The van der Waals surface area contributed by atoms with Gasteiger partial charge in [0.05, 0.1) is 0 Å². The summed E-state index contributed by atoms with van der Waals surface area (Å²) in [6, 6.07) is 0.343. The molecule has 1 unspecified atom stereocenters. The molecule has 0 aromatic rings. The first-order valence-corrected chi connectivity index (χ1v) is 8.50. The van der Waals surface area contributed by atoms with Crippen LogP contribution < -0.4 is 10.6 Å². The van der Waals surface area contributed by atoms with Crippen molar-refractivity contribution in [1.29, 1.82) is 0 Å². The lowest BCUT2D eigenvalue weighted by Crippen LogP contribution is -2.45. The predicted molar refractivity (Wildman–Crippen MR) is 108 cm³/mol. The summed E-state index contributed by atoms with van der Waals surface area (Å²) in [4.78, 5) is 20.1. The Kier molecular flexibility index (Phi) is 12.5. The first kappa shape index (κ1) is 22.4. The average Bonchev–Trinajstić information content (AvgIpc) is 2.52. The number of piperidine rings is 1. The summed E-state index contributed by atoms with van der Waals surface area (Å²) < 4.78 is 0. The molecule has 2 N–H and O–H groups in total. The molecule has 1 saturated heterocycles. The minimum absolute atomic E-state index is 0. The van der Waals surface area contributed by atoms with Crippen molar-refractivity contribution in [3.05, 3.63) is 0 Å². The van der Waals surface area contributed by atoms with Crippen LogP contribution in [0.25, 0.3) is 0 Å². The van der Waals surface area contributed by atoms with Gasteiger partial charge in [-0.05, 0) is 39.3 Å². The quantitative estimate of drug-likeness (QED) is 0.359. The Morgan fingerprint density at radius 3 is 2.48 bits per heavy atom. The number of nitrogens with one attached hydrogen (secondary N) is 2. The average molecular weight is 439 g/mol. The van der Waals surface area contributed by atoms with Crippen molar-refractivity contribution in [3.8, 4) is 0 Å². The van der Waals surface area contributed by atoms with Crippen LogP contribution >= 0.6 is 24.0 Å². The van der Waals surface area contributed by atoms with E-state index in [0.717, 1.165) is 25.5 Å². The lowest BCUT2D eigenvalue weighted by Gasteiger charge is -2.27. The third kappa shape index (κ3) is 10.0. The molecule has 6 nitrogen and oxygen atoms in total. The predicted octanol–water partition coefficient (Wildman–Crippen LogP) is 1.51. The van der Waals surface area contributed by atoms with Crippen molar-refractivity contribution >= 4 is 35.8 Å². The maximum atomic E-state index is 11.7. The second kappa shape index (κ2) is 12.8. The summed E-state index contributed by atoms with van der Waals surface area (Å²) in [5.41, 5.74) is 0. The van der Waals surface area contributed by atoms with Crippen molar-refractivity contribution in [2.45, 2.75) is 45.6 Å². The SMILES string of the molecule is CCC(C)NC(=NCC(=O)N(C)C)NCCN1CCCCC1.I. The molecule has 0 saturated carbocycles. The standard InChI is InChI=1S/C16H33N5O.HI/c1-5-14(2)19-16(18-13-15(22)20(3)4)17-9-12-21-10-7-6-8-11-21;/h14H,5-13H2,1-4H3,(H2,17,18,19);1H. The largest absolute Gasteiger partial charge is 0.355 e. The molecule has 0 radical (unpaired) electrons. The molecule has 136 valence electrons. The molecule has 1 fully saturated rings. The molecular formula is C16H34IN5O. The van der Waals surface area contributed by atoms with Crippen LogP contribution in [0.3, 0.4) is 0 Å². The van der Waals surface area contributed by atoms with E-state index in [0.29, 0.717) is 6.04 Å². The number of rotatable bonds is 7. The lowest BCUT2D eigenvalue weighted by molar-refractivity contribution is -0.127. The summed E-state index contributed by atoms with van der Waals surface area (Å²) in [5, 5.41) is 6.70. The fourth-order valence-corrected chi connectivity index (χ4v) is 2.29. The molecule has 23 heavy (non-hydrogen) atoms. The summed E-state index contributed by atoms with van der Waals surface area (Å²) >= 11 is 0. The minimum Gasteiger partial charge on any atom is -0.355 e. The van der Waals surface area contributed by atoms with Crippen LogP contribution in [-0.4, -0.2) is 74.5 Å². The third-order valence-electron chi connectivity index (χ3n) is 4.04. The highest BCUT2D eigenvalue weighted by molar-refractivity contribution is 14.0. The van der Waals surface area contributed by atoms with Crippen LogP contribution in [0.2, 0.25) is 0 Å². The molecule has 1 atom stereocenters. The molecule has 0 bridgehead atoms. The molecule has 1 aliphatic rings. The van der Waals surface area contributed by atoms with E-state index in [9.17, 15) is 4.79 Å². The number of hydrogen-bond donors (Lipinski definition) is 2. The normalized spacial score (nSPS) is 17.1. The molecule has 1 rings (SSSR count). The number of halogens is 1. The highest BCUT2D eigenvalue weighted by Crippen LogP contribution is 2.07. The molecule has 1 heterocycles. The van der Waals surface area contributed by atoms with E-state index in [1.165, 1.54) is 32.4 Å². The van der Waals surface area contributed by atoms with Crippen molar-refractivity contribution < 1.29 is 4.79 Å². The number of likely N-dealkylation sites (tertiary alicyclic amines) is 1. The third-order valence-corrected chi connectivity index (χ3v) is 4.04. The van der Waals surface area contributed by atoms with Gasteiger partial charge in [0.2, 0.25) is 5.91 Å². The van der Waals surface area contributed by atoms with Crippen LogP contribution in [-0.2, 0) is 4.79 Å². The van der Waals surface area contributed by atoms with E-state index in [1.54, 1.807) is 19.0 Å². The van der Waals surface area contributed by atoms with Crippen molar-refractivity contribution in [2.24, 2.45) is 4.99 Å². The van der Waals surface area contributed by atoms with E-state index in [1.807, 2.05) is 0 Å². The Morgan fingerprint density at radius 2 is 1.91 bits per heavy atom. The van der Waals surface area contributed by atoms with Crippen molar-refractivity contribution in [2.75, 3.05) is 46.8 Å². The van der Waals surface area contributed by atoms with Gasteiger partial charge in [-0.1, -0.05) is 13.3 Å². The van der Waals surface area contributed by atoms with Crippen molar-refractivity contribution in [3.63, 3.8) is 0 Å². The summed E-state index contributed by atoms with van der Waals surface area (Å²) in [5.74, 6) is 0.753. The monoisotopic (exact) mass is 439 g/mol. The summed E-state index contributed by atoms with van der Waals surface area (Å²) in [7, 11) is 3.51. The van der Waals surface area contributed by atoms with E-state index in [4.69, 9.17) is 0 Å². The number of hydrogen-bond acceptors (Lipinski definition) is 3. The number of amides is 1. The van der Waals surface area contributed by atoms with Crippen molar-refractivity contribution in [1.82, 2.24) is 20.4 Å². The first-order valence-electron chi connectivity index (χ1n) is 8.50. The van der Waals surface area contributed by atoms with Gasteiger partial charge in [0.15, 0.2) is 5.96 Å². The fraction of sp³-hybridized carbons (Fsp3) is 0.875. The Hall–Kier alpha value is -0.570. The van der Waals surface area contributed by atoms with Crippen LogP contribution in [0.1, 0.15) is 39.5 Å². The minimum atomic E-state index is 0. The molecule has 0 aromatic carbocycles. The first-order chi connectivity index (χ1) is 10.5. The maximum Gasteiger partial charge on any atom is 0.243 e. The summed E-state index contributed by atoms with van der Waals surface area (Å²) in [6.07, 6.45) is 5.00. The maximum absolute atomic E-state index is 11.7. The highest BCUT2D eigenvalue weighted by atomic mass is 127. The van der Waals surface area contributed by atoms with Gasteiger partial charge in [-0.3, -0.25) is 4.79 Å². The van der Waals surface area contributed by atoms with Crippen LogP contribution in [0.4, 0.5) is 0 Å². The van der Waals surface area contributed by atoms with E-state index in [2.05, 4.69) is 34.4 Å². The number of nitrogens with zero attached hydrogens (tertiary/aromatic N) is 3. The molecular weight excluding hydrogens is 405 g/mol. The Morgan fingerprint density at radius 1 is 1.26 bits per heavy atom. The number of carbonyl (C=O) groups is 1. The Bertz CT molecular complexity index is 356. The topological polar surface area (TPSA) is 60.0 Å². The van der Waals surface area contributed by atoms with Gasteiger partial charge in [-0.2, -0.15) is 0 Å². The second-order valence-corrected chi connectivity index (χ2v) is 6.24. The molecule has 0 aromatic heterocycles. The molecule has 0 aliphatic carbocycles. The van der Waals surface area contributed by atoms with Gasteiger partial charge in [0.25, 0.3) is 0 Å². The number of carbonyl (C=O) groups excluding carboxylic acids is 1. The summed E-state index contributed by atoms with van der Waals surface area (Å²) in [6.45, 7) is 8.73. The van der Waals surface area contributed by atoms with Gasteiger partial charge >= 0.3 is 0 Å². The molecule has 0 spiro atoms. The van der Waals surface area contributed by atoms with Gasteiger partial charge < -0.3 is 20.4 Å². The van der Waals surface area contributed by atoms with Crippen LogP contribution in [0.5, 0.6) is 0 Å². The van der Waals surface area contributed by atoms with Crippen LogP contribution in [0.15, 0.2) is 4.99 Å². The lowest BCUT2D eigenvalue weighted by atomic mass is 10.1. The van der Waals surface area contributed by atoms with Gasteiger partial charge in [0, 0.05) is 33.2 Å². The van der Waals surface area contributed by atoms with E-state index >= 15 is 0 Å². The molecule has 1 amide bonds. The number of guanidine groups is 1. The fourth-order valence-electron chi connectivity index (χ4n) is 2.29. The smallest absolute Gasteiger partial charge is 0.243 e. The van der Waals surface area contributed by atoms with E-state index < -0.39 is 0 Å². The van der Waals surface area contributed by atoms with Crippen LogP contribution in [0, 0.1) is 0 Å². The zero-order chi connectivity index (χ0) is 16.4. The highest BCUT2D eigenvalue weighted by Gasteiger charge is 2.10. The molecule has 7 heteroatoms. The Labute approximate surface area is 158 Å². The molecule has 1 aliphatic heterocycles. The number of aliphatic imine (C=N–C) groups is 1.